The van der Waals surface area contributed by atoms with Crippen LogP contribution < -0.4 is 11.0 Å². The van der Waals surface area contributed by atoms with Crippen LogP contribution in [0.4, 0.5) is 5.69 Å². The van der Waals surface area contributed by atoms with E-state index in [1.54, 1.807) is 18.2 Å². The van der Waals surface area contributed by atoms with E-state index >= 15 is 0 Å². The van der Waals surface area contributed by atoms with Gasteiger partial charge in [-0.1, -0.05) is 6.08 Å². The number of rotatable bonds is 4. The SMILES string of the molecule is O=C(O)/C=C/CNc1ccc2[nH]c(=O)[nH]c2c1. The van der Waals surface area contributed by atoms with Gasteiger partial charge in [0.25, 0.3) is 0 Å². The number of carbonyl (C=O) groups is 1. The van der Waals surface area contributed by atoms with Crippen LogP contribution in [0.25, 0.3) is 11.0 Å². The highest BCUT2D eigenvalue weighted by atomic mass is 16.4. The van der Waals surface area contributed by atoms with Gasteiger partial charge in [0, 0.05) is 18.3 Å². The molecule has 0 spiro atoms. The molecule has 0 saturated heterocycles. The fraction of sp³-hybridized carbons (Fsp3) is 0.0909. The summed E-state index contributed by atoms with van der Waals surface area (Å²) < 4.78 is 0. The maximum Gasteiger partial charge on any atom is 0.328 e. The van der Waals surface area contributed by atoms with E-state index in [9.17, 15) is 9.59 Å². The van der Waals surface area contributed by atoms with Crippen molar-refractivity contribution in [2.45, 2.75) is 0 Å². The van der Waals surface area contributed by atoms with E-state index < -0.39 is 5.97 Å². The van der Waals surface area contributed by atoms with Crippen molar-refractivity contribution in [1.82, 2.24) is 9.97 Å². The molecule has 0 unspecified atom stereocenters. The Hall–Kier alpha value is -2.50. The summed E-state index contributed by atoms with van der Waals surface area (Å²) in [7, 11) is 0. The van der Waals surface area contributed by atoms with Gasteiger partial charge in [-0.2, -0.15) is 0 Å². The second-order valence-electron chi connectivity index (χ2n) is 3.46. The lowest BCUT2D eigenvalue weighted by Gasteiger charge is -2.02. The number of fused-ring (bicyclic) bond motifs is 1. The predicted octanol–water partition coefficient (Wildman–Crippen LogP) is 0.909. The number of benzene rings is 1. The molecule has 17 heavy (non-hydrogen) atoms. The van der Waals surface area contributed by atoms with Crippen molar-refractivity contribution in [3.05, 3.63) is 40.8 Å². The Kier molecular flexibility index (Phi) is 2.95. The number of anilines is 1. The van der Waals surface area contributed by atoms with Gasteiger partial charge in [-0.05, 0) is 18.2 Å². The van der Waals surface area contributed by atoms with Gasteiger partial charge in [0.1, 0.15) is 0 Å². The lowest BCUT2D eigenvalue weighted by molar-refractivity contribution is -0.131. The molecule has 0 fully saturated rings. The highest BCUT2D eigenvalue weighted by Gasteiger charge is 1.98. The van der Waals surface area contributed by atoms with Crippen LogP contribution in [0.5, 0.6) is 0 Å². The molecule has 1 aromatic carbocycles. The first-order valence-electron chi connectivity index (χ1n) is 5.00. The molecule has 1 heterocycles. The maximum atomic E-state index is 11.0. The van der Waals surface area contributed by atoms with Gasteiger partial charge < -0.3 is 20.4 Å². The van der Waals surface area contributed by atoms with E-state index in [4.69, 9.17) is 5.11 Å². The molecule has 0 radical (unpaired) electrons. The summed E-state index contributed by atoms with van der Waals surface area (Å²) in [5.41, 5.74) is 2.01. The van der Waals surface area contributed by atoms with E-state index in [-0.39, 0.29) is 5.69 Å². The Morgan fingerprint density at radius 3 is 2.88 bits per heavy atom. The van der Waals surface area contributed by atoms with Crippen molar-refractivity contribution >= 4 is 22.7 Å². The number of nitrogens with one attached hydrogen (secondary N) is 3. The average molecular weight is 233 g/mol. The van der Waals surface area contributed by atoms with Gasteiger partial charge in [-0.25, -0.2) is 9.59 Å². The molecule has 1 aromatic heterocycles. The van der Waals surface area contributed by atoms with Crippen LogP contribution in [-0.4, -0.2) is 27.6 Å². The minimum absolute atomic E-state index is 0.247. The summed E-state index contributed by atoms with van der Waals surface area (Å²) in [4.78, 5) is 26.5. The smallest absolute Gasteiger partial charge is 0.328 e. The van der Waals surface area contributed by atoms with Crippen LogP contribution in [0.3, 0.4) is 0 Å². The van der Waals surface area contributed by atoms with Crippen LogP contribution in [-0.2, 0) is 4.79 Å². The number of hydrogen-bond donors (Lipinski definition) is 4. The Bertz CT molecular complexity index is 624. The van der Waals surface area contributed by atoms with Crippen molar-refractivity contribution in [3.8, 4) is 0 Å². The number of aromatic nitrogens is 2. The minimum Gasteiger partial charge on any atom is -0.478 e. The van der Waals surface area contributed by atoms with Crippen molar-refractivity contribution in [3.63, 3.8) is 0 Å². The largest absolute Gasteiger partial charge is 0.478 e. The van der Waals surface area contributed by atoms with Gasteiger partial charge in [-0.3, -0.25) is 0 Å². The summed E-state index contributed by atoms with van der Waals surface area (Å²) in [6.07, 6.45) is 2.58. The molecule has 0 atom stereocenters. The standard InChI is InChI=1S/C11H11N3O3/c15-10(16)2-1-5-12-7-3-4-8-9(6-7)14-11(17)13-8/h1-4,6,12H,5H2,(H,15,16)(H2,13,14,17)/b2-1+. The Balaban J connectivity index is 2.09. The number of hydrogen-bond acceptors (Lipinski definition) is 3. The molecule has 0 bridgehead atoms. The van der Waals surface area contributed by atoms with Crippen molar-refractivity contribution in [2.24, 2.45) is 0 Å². The van der Waals surface area contributed by atoms with E-state index in [2.05, 4.69) is 15.3 Å². The molecule has 88 valence electrons. The van der Waals surface area contributed by atoms with Gasteiger partial charge in [-0.15, -0.1) is 0 Å². The molecule has 0 saturated carbocycles. The molecule has 4 N–H and O–H groups in total. The fourth-order valence-corrected chi connectivity index (χ4v) is 1.48. The number of imidazole rings is 1. The van der Waals surface area contributed by atoms with Crippen LogP contribution >= 0.6 is 0 Å². The minimum atomic E-state index is -0.975. The van der Waals surface area contributed by atoms with Gasteiger partial charge in [0.2, 0.25) is 0 Å². The summed E-state index contributed by atoms with van der Waals surface area (Å²) in [5.74, 6) is -0.975. The van der Waals surface area contributed by atoms with E-state index in [0.29, 0.717) is 12.1 Å². The fourth-order valence-electron chi connectivity index (χ4n) is 1.48. The van der Waals surface area contributed by atoms with E-state index in [0.717, 1.165) is 17.3 Å². The Labute approximate surface area is 96.0 Å². The number of aromatic amines is 2. The summed E-state index contributed by atoms with van der Waals surface area (Å²) in [6.45, 7) is 0.409. The molecule has 6 nitrogen and oxygen atoms in total. The molecular weight excluding hydrogens is 222 g/mol. The number of H-pyrrole nitrogens is 2. The second kappa shape index (κ2) is 4.56. The average Bonchev–Trinajstić information content (AvgIpc) is 2.63. The molecule has 6 heteroatoms. The molecule has 0 aliphatic heterocycles. The van der Waals surface area contributed by atoms with E-state index in [1.807, 2.05) is 0 Å². The van der Waals surface area contributed by atoms with Crippen molar-refractivity contribution in [2.75, 3.05) is 11.9 Å². The monoisotopic (exact) mass is 233 g/mol. The van der Waals surface area contributed by atoms with Crippen LogP contribution in [0, 0.1) is 0 Å². The maximum absolute atomic E-state index is 11.0. The third-order valence-electron chi connectivity index (χ3n) is 2.20. The summed E-state index contributed by atoms with van der Waals surface area (Å²) in [6, 6.07) is 5.36. The summed E-state index contributed by atoms with van der Waals surface area (Å²) in [5, 5.41) is 11.4. The highest BCUT2D eigenvalue weighted by molar-refractivity contribution is 5.80. The zero-order valence-electron chi connectivity index (χ0n) is 8.86. The molecule has 0 aliphatic carbocycles. The molecular formula is C11H11N3O3. The first kappa shape index (κ1) is 11.0. The number of carboxylic acid groups (broad SMARTS) is 1. The first-order valence-corrected chi connectivity index (χ1v) is 5.00. The van der Waals surface area contributed by atoms with Gasteiger partial charge in [0.15, 0.2) is 0 Å². The van der Waals surface area contributed by atoms with Gasteiger partial charge >= 0.3 is 11.7 Å². The molecule has 0 amide bonds. The summed E-state index contributed by atoms with van der Waals surface area (Å²) >= 11 is 0. The van der Waals surface area contributed by atoms with Crippen LogP contribution in [0.2, 0.25) is 0 Å². The molecule has 0 aliphatic rings. The lowest BCUT2D eigenvalue weighted by atomic mass is 10.3. The van der Waals surface area contributed by atoms with Crippen molar-refractivity contribution < 1.29 is 9.90 Å². The predicted molar refractivity (Wildman–Crippen MR) is 64.2 cm³/mol. The van der Waals surface area contributed by atoms with E-state index in [1.165, 1.54) is 6.08 Å². The van der Waals surface area contributed by atoms with Crippen LogP contribution in [0.15, 0.2) is 35.1 Å². The lowest BCUT2D eigenvalue weighted by Crippen LogP contribution is -1.99. The number of carboxylic acids is 1. The third kappa shape index (κ3) is 2.75. The molecule has 2 aromatic rings. The zero-order valence-corrected chi connectivity index (χ0v) is 8.86. The van der Waals surface area contributed by atoms with Crippen molar-refractivity contribution in [1.29, 1.82) is 0 Å². The second-order valence-corrected chi connectivity index (χ2v) is 3.46. The Morgan fingerprint density at radius 1 is 1.35 bits per heavy atom. The normalized spacial score (nSPS) is 11.1. The third-order valence-corrected chi connectivity index (χ3v) is 2.20. The quantitative estimate of drug-likeness (QED) is 0.590. The van der Waals surface area contributed by atoms with Gasteiger partial charge in [0.05, 0.1) is 11.0 Å². The molecule has 2 rings (SSSR count). The first-order chi connectivity index (χ1) is 8.15. The zero-order chi connectivity index (χ0) is 12.3. The Morgan fingerprint density at radius 2 is 2.12 bits per heavy atom. The number of aliphatic carboxylic acids is 1. The highest BCUT2D eigenvalue weighted by Crippen LogP contribution is 2.13. The van der Waals surface area contributed by atoms with Crippen LogP contribution in [0.1, 0.15) is 0 Å². The topological polar surface area (TPSA) is 98.0 Å².